The fourth-order valence-electron chi connectivity index (χ4n) is 2.45. The predicted octanol–water partition coefficient (Wildman–Crippen LogP) is 1.01. The summed E-state index contributed by atoms with van der Waals surface area (Å²) in [5, 5.41) is 2.58. The zero-order chi connectivity index (χ0) is 20.1. The first kappa shape index (κ1) is 19.7. The molecule has 1 aliphatic rings. The molecule has 10 heteroatoms. The summed E-state index contributed by atoms with van der Waals surface area (Å²) in [4.78, 5) is 42.2. The fourth-order valence-corrected chi connectivity index (χ4v) is 3.31. The number of esters is 1. The van der Waals surface area contributed by atoms with E-state index in [0.717, 1.165) is 17.3 Å². The maximum atomic E-state index is 12.4. The normalized spacial score (nSPS) is 13.1. The Kier molecular flexibility index (Phi) is 6.19. The lowest BCUT2D eigenvalue weighted by molar-refractivity contribution is -0.139. The Labute approximate surface area is 164 Å². The molecule has 0 fully saturated rings. The van der Waals surface area contributed by atoms with Crippen LogP contribution < -0.4 is 20.3 Å². The molecule has 1 atom stereocenters. The number of aromatic amines is 1. The molecule has 0 radical (unpaired) electrons. The van der Waals surface area contributed by atoms with Crippen LogP contribution in [0.1, 0.15) is 18.2 Å². The van der Waals surface area contributed by atoms with Crippen molar-refractivity contribution in [2.75, 3.05) is 13.9 Å². The standard InChI is InChI=1S/C18H19N3O6S/c1-10(28-18-20-12(6-15(22)21-18)7-16(23)25-2)17(24)19-8-11-3-4-13-14(5-11)27-9-26-13/h3-6,10H,7-9H2,1-2H3,(H,19,24)(H,20,21,22). The zero-order valence-corrected chi connectivity index (χ0v) is 16.1. The molecular weight excluding hydrogens is 386 g/mol. The van der Waals surface area contributed by atoms with Crippen LogP contribution >= 0.6 is 11.8 Å². The molecular formula is C18H19N3O6S. The summed E-state index contributed by atoms with van der Waals surface area (Å²) in [6.07, 6.45) is -0.112. The highest BCUT2D eigenvalue weighted by molar-refractivity contribution is 8.00. The molecule has 28 heavy (non-hydrogen) atoms. The van der Waals surface area contributed by atoms with Crippen LogP contribution in [-0.2, 0) is 27.3 Å². The van der Waals surface area contributed by atoms with Crippen LogP contribution in [0.4, 0.5) is 0 Å². The molecule has 148 valence electrons. The monoisotopic (exact) mass is 405 g/mol. The Balaban J connectivity index is 1.58. The van der Waals surface area contributed by atoms with Crippen molar-refractivity contribution in [2.24, 2.45) is 0 Å². The average molecular weight is 405 g/mol. The molecule has 1 aromatic heterocycles. The number of hydrogen-bond donors (Lipinski definition) is 2. The summed E-state index contributed by atoms with van der Waals surface area (Å²) in [7, 11) is 1.26. The van der Waals surface area contributed by atoms with Gasteiger partial charge in [0.2, 0.25) is 12.7 Å². The van der Waals surface area contributed by atoms with Crippen molar-refractivity contribution in [3.8, 4) is 11.5 Å². The van der Waals surface area contributed by atoms with Gasteiger partial charge in [-0.1, -0.05) is 17.8 Å². The number of rotatable bonds is 7. The van der Waals surface area contributed by atoms with Crippen molar-refractivity contribution in [1.82, 2.24) is 15.3 Å². The van der Waals surface area contributed by atoms with Crippen LogP contribution in [-0.4, -0.2) is 41.0 Å². The van der Waals surface area contributed by atoms with Crippen molar-refractivity contribution in [3.05, 3.63) is 45.9 Å². The minimum absolute atomic E-state index is 0.112. The molecule has 1 aromatic carbocycles. The highest BCUT2D eigenvalue weighted by Crippen LogP contribution is 2.32. The molecule has 1 unspecified atom stereocenters. The Hall–Kier alpha value is -3.01. The number of carbonyl (C=O) groups excluding carboxylic acids is 2. The van der Waals surface area contributed by atoms with E-state index in [9.17, 15) is 14.4 Å². The summed E-state index contributed by atoms with van der Waals surface area (Å²) in [5.74, 6) is 0.617. The quantitative estimate of drug-likeness (QED) is 0.398. The lowest BCUT2D eigenvalue weighted by Crippen LogP contribution is -2.30. The third-order valence-corrected chi connectivity index (χ3v) is 4.87. The smallest absolute Gasteiger partial charge is 0.311 e. The molecule has 9 nitrogen and oxygen atoms in total. The number of methoxy groups -OCH3 is 1. The SMILES string of the molecule is COC(=O)Cc1cc(=O)[nH]c(SC(C)C(=O)NCc2ccc3c(c2)OCO3)n1. The van der Waals surface area contributed by atoms with E-state index in [0.29, 0.717) is 18.0 Å². The number of carbonyl (C=O) groups is 2. The first-order valence-electron chi connectivity index (χ1n) is 8.44. The highest BCUT2D eigenvalue weighted by atomic mass is 32.2. The number of ether oxygens (including phenoxy) is 3. The van der Waals surface area contributed by atoms with Gasteiger partial charge in [-0.3, -0.25) is 14.4 Å². The molecule has 2 N–H and O–H groups in total. The van der Waals surface area contributed by atoms with Gasteiger partial charge in [0.15, 0.2) is 16.7 Å². The molecule has 0 bridgehead atoms. The molecule has 0 saturated carbocycles. The van der Waals surface area contributed by atoms with Crippen LogP contribution in [0.15, 0.2) is 34.2 Å². The topological polar surface area (TPSA) is 120 Å². The van der Waals surface area contributed by atoms with Crippen LogP contribution in [0.5, 0.6) is 11.5 Å². The lowest BCUT2D eigenvalue weighted by atomic mass is 10.2. The van der Waals surface area contributed by atoms with E-state index in [-0.39, 0.29) is 30.0 Å². The minimum atomic E-state index is -0.509. The summed E-state index contributed by atoms with van der Waals surface area (Å²) in [6.45, 7) is 2.22. The lowest BCUT2D eigenvalue weighted by Gasteiger charge is -2.12. The van der Waals surface area contributed by atoms with Crippen molar-refractivity contribution < 1.29 is 23.8 Å². The minimum Gasteiger partial charge on any atom is -0.469 e. The van der Waals surface area contributed by atoms with E-state index in [1.54, 1.807) is 13.0 Å². The van der Waals surface area contributed by atoms with Crippen molar-refractivity contribution in [2.45, 2.75) is 30.3 Å². The number of H-pyrrole nitrogens is 1. The number of nitrogens with one attached hydrogen (secondary N) is 2. The van der Waals surface area contributed by atoms with Gasteiger partial charge in [0.25, 0.3) is 5.56 Å². The predicted molar refractivity (Wildman–Crippen MR) is 100 cm³/mol. The van der Waals surface area contributed by atoms with Gasteiger partial charge in [0, 0.05) is 12.6 Å². The molecule has 0 aliphatic carbocycles. The number of nitrogens with zero attached hydrogens (tertiary/aromatic N) is 1. The van der Waals surface area contributed by atoms with E-state index >= 15 is 0 Å². The third kappa shape index (κ3) is 5.03. The number of amides is 1. The van der Waals surface area contributed by atoms with E-state index in [1.165, 1.54) is 13.2 Å². The van der Waals surface area contributed by atoms with Crippen molar-refractivity contribution in [1.29, 1.82) is 0 Å². The summed E-state index contributed by atoms with van der Waals surface area (Å²) in [6, 6.07) is 6.69. The van der Waals surface area contributed by atoms with Gasteiger partial charge in [-0.05, 0) is 24.6 Å². The van der Waals surface area contributed by atoms with Gasteiger partial charge in [-0.25, -0.2) is 4.98 Å². The zero-order valence-electron chi connectivity index (χ0n) is 15.3. The maximum Gasteiger partial charge on any atom is 0.311 e. The second-order valence-electron chi connectivity index (χ2n) is 5.96. The Bertz CT molecular complexity index is 945. The van der Waals surface area contributed by atoms with Crippen LogP contribution in [0.2, 0.25) is 0 Å². The number of fused-ring (bicyclic) bond motifs is 1. The largest absolute Gasteiger partial charge is 0.469 e. The van der Waals surface area contributed by atoms with Gasteiger partial charge in [-0.2, -0.15) is 0 Å². The Morgan fingerprint density at radius 1 is 1.32 bits per heavy atom. The van der Waals surface area contributed by atoms with Crippen molar-refractivity contribution in [3.63, 3.8) is 0 Å². The first-order chi connectivity index (χ1) is 13.4. The Morgan fingerprint density at radius 3 is 2.89 bits per heavy atom. The number of hydrogen-bond acceptors (Lipinski definition) is 8. The second-order valence-corrected chi connectivity index (χ2v) is 7.29. The molecule has 0 spiro atoms. The molecule has 0 saturated heterocycles. The van der Waals surface area contributed by atoms with Gasteiger partial charge >= 0.3 is 5.97 Å². The number of thioether (sulfide) groups is 1. The molecule has 2 heterocycles. The summed E-state index contributed by atoms with van der Waals surface area (Å²) >= 11 is 1.09. The number of benzene rings is 1. The Morgan fingerprint density at radius 2 is 2.11 bits per heavy atom. The van der Waals surface area contributed by atoms with Crippen LogP contribution in [0, 0.1) is 0 Å². The van der Waals surface area contributed by atoms with Crippen LogP contribution in [0.25, 0.3) is 0 Å². The molecule has 1 amide bonds. The maximum absolute atomic E-state index is 12.4. The van der Waals surface area contributed by atoms with Gasteiger partial charge in [-0.15, -0.1) is 0 Å². The van der Waals surface area contributed by atoms with Gasteiger partial charge in [0.1, 0.15) is 0 Å². The van der Waals surface area contributed by atoms with E-state index in [1.807, 2.05) is 12.1 Å². The average Bonchev–Trinajstić information content (AvgIpc) is 3.13. The van der Waals surface area contributed by atoms with Crippen molar-refractivity contribution >= 4 is 23.6 Å². The second kappa shape index (κ2) is 8.79. The van der Waals surface area contributed by atoms with Gasteiger partial charge < -0.3 is 24.5 Å². The highest BCUT2D eigenvalue weighted by Gasteiger charge is 2.18. The molecule has 2 aromatic rings. The summed E-state index contributed by atoms with van der Waals surface area (Å²) < 4.78 is 15.1. The first-order valence-corrected chi connectivity index (χ1v) is 9.32. The van der Waals surface area contributed by atoms with E-state index in [4.69, 9.17) is 9.47 Å². The molecule has 3 rings (SSSR count). The van der Waals surface area contributed by atoms with Crippen LogP contribution in [0.3, 0.4) is 0 Å². The van der Waals surface area contributed by atoms with E-state index < -0.39 is 16.8 Å². The molecule has 1 aliphatic heterocycles. The van der Waals surface area contributed by atoms with Gasteiger partial charge in [0.05, 0.1) is 24.5 Å². The third-order valence-electron chi connectivity index (χ3n) is 3.89. The summed E-state index contributed by atoms with van der Waals surface area (Å²) in [5.41, 5.74) is 0.761. The fraction of sp³-hybridized carbons (Fsp3) is 0.333. The van der Waals surface area contributed by atoms with E-state index in [2.05, 4.69) is 20.0 Å². The number of aromatic nitrogens is 2.